The molecule has 0 saturated carbocycles. The van der Waals surface area contributed by atoms with Crippen molar-refractivity contribution in [3.8, 4) is 11.3 Å². The first-order chi connectivity index (χ1) is 12.1. The van der Waals surface area contributed by atoms with Gasteiger partial charge in [-0.25, -0.2) is 4.68 Å². The van der Waals surface area contributed by atoms with Crippen molar-refractivity contribution in [2.24, 2.45) is 0 Å². The lowest BCUT2D eigenvalue weighted by atomic mass is 10.0. The Morgan fingerprint density at radius 3 is 2.84 bits per heavy atom. The van der Waals surface area contributed by atoms with Crippen LogP contribution in [0.15, 0.2) is 54.9 Å². The number of rotatable bonds is 4. The summed E-state index contributed by atoms with van der Waals surface area (Å²) in [5.74, 6) is -0.100. The molecular weight excluding hydrogens is 318 g/mol. The number of carbonyl (C=O) groups excluding carboxylic acids is 1. The van der Waals surface area contributed by atoms with Crippen LogP contribution < -0.4 is 0 Å². The van der Waals surface area contributed by atoms with Crippen LogP contribution in [0.5, 0.6) is 0 Å². The van der Waals surface area contributed by atoms with Crippen molar-refractivity contribution in [2.75, 3.05) is 13.1 Å². The highest BCUT2D eigenvalue weighted by Crippen LogP contribution is 2.25. The molecule has 1 saturated heterocycles. The van der Waals surface area contributed by atoms with Gasteiger partial charge in [0.05, 0.1) is 19.3 Å². The summed E-state index contributed by atoms with van der Waals surface area (Å²) in [5, 5.41) is 18.4. The van der Waals surface area contributed by atoms with Crippen LogP contribution in [0.3, 0.4) is 0 Å². The standard InChI is InChI=1S/C18H19N5O2/c24-17(16-7-6-15(20-16)14-4-2-1-3-5-14)22-10-8-18(25,12-22)13-23-11-9-19-21-23/h1-7,9,11,20,25H,8,10,12-13H2. The average molecular weight is 337 g/mol. The van der Waals surface area contributed by atoms with E-state index in [1.807, 2.05) is 36.4 Å². The van der Waals surface area contributed by atoms with Crippen molar-refractivity contribution in [1.29, 1.82) is 0 Å². The number of β-amino-alcohol motifs (C(OH)–C–C–N with tert-alkyl or cyclic N) is 1. The first-order valence-electron chi connectivity index (χ1n) is 8.23. The first-order valence-corrected chi connectivity index (χ1v) is 8.23. The molecule has 1 atom stereocenters. The van der Waals surface area contributed by atoms with Gasteiger partial charge >= 0.3 is 0 Å². The normalized spacial score (nSPS) is 20.1. The molecule has 0 aliphatic carbocycles. The lowest BCUT2D eigenvalue weighted by Crippen LogP contribution is -2.39. The van der Waals surface area contributed by atoms with Crippen LogP contribution in [0.4, 0.5) is 0 Å². The van der Waals surface area contributed by atoms with Crippen LogP contribution in [0.25, 0.3) is 11.3 Å². The molecule has 128 valence electrons. The fourth-order valence-electron chi connectivity index (χ4n) is 3.25. The van der Waals surface area contributed by atoms with Crippen LogP contribution >= 0.6 is 0 Å². The number of aromatic nitrogens is 4. The smallest absolute Gasteiger partial charge is 0.270 e. The fraction of sp³-hybridized carbons (Fsp3) is 0.278. The van der Waals surface area contributed by atoms with Crippen molar-refractivity contribution >= 4 is 5.91 Å². The Bertz CT molecular complexity index is 859. The van der Waals surface area contributed by atoms with Gasteiger partial charge in [0.1, 0.15) is 11.3 Å². The number of hydrogen-bond donors (Lipinski definition) is 2. The summed E-state index contributed by atoms with van der Waals surface area (Å²) in [6, 6.07) is 13.6. The molecule has 1 aromatic carbocycles. The second-order valence-electron chi connectivity index (χ2n) is 6.45. The summed E-state index contributed by atoms with van der Waals surface area (Å²) in [6.07, 6.45) is 3.80. The van der Waals surface area contributed by atoms with Crippen molar-refractivity contribution < 1.29 is 9.90 Å². The predicted molar refractivity (Wildman–Crippen MR) is 91.7 cm³/mol. The van der Waals surface area contributed by atoms with Gasteiger partial charge in [-0.05, 0) is 24.1 Å². The maximum absolute atomic E-state index is 12.7. The lowest BCUT2D eigenvalue weighted by molar-refractivity contribution is 0.0266. The van der Waals surface area contributed by atoms with Crippen molar-refractivity contribution in [3.63, 3.8) is 0 Å². The zero-order valence-corrected chi connectivity index (χ0v) is 13.7. The third-order valence-electron chi connectivity index (χ3n) is 4.55. The topological polar surface area (TPSA) is 87.0 Å². The van der Waals surface area contributed by atoms with E-state index in [-0.39, 0.29) is 12.5 Å². The first kappa shape index (κ1) is 15.6. The van der Waals surface area contributed by atoms with Crippen molar-refractivity contribution in [2.45, 2.75) is 18.6 Å². The third kappa shape index (κ3) is 3.18. The van der Waals surface area contributed by atoms with Gasteiger partial charge in [-0.2, -0.15) is 0 Å². The Labute approximate surface area is 144 Å². The zero-order chi connectivity index (χ0) is 17.3. The number of benzene rings is 1. The van der Waals surface area contributed by atoms with Gasteiger partial charge in [-0.3, -0.25) is 4.79 Å². The average Bonchev–Trinajstić information content (AvgIpc) is 3.36. The Kier molecular flexibility index (Phi) is 3.85. The molecule has 0 bridgehead atoms. The third-order valence-corrected chi connectivity index (χ3v) is 4.55. The van der Waals surface area contributed by atoms with E-state index in [1.54, 1.807) is 28.0 Å². The molecule has 1 fully saturated rings. The predicted octanol–water partition coefficient (Wildman–Crippen LogP) is 1.55. The van der Waals surface area contributed by atoms with E-state index >= 15 is 0 Å². The second kappa shape index (κ2) is 6.18. The SMILES string of the molecule is O=C(c1ccc(-c2ccccc2)[nH]1)N1CCC(O)(Cn2ccnn2)C1. The highest BCUT2D eigenvalue weighted by atomic mass is 16.3. The molecule has 7 heteroatoms. The van der Waals surface area contributed by atoms with Crippen LogP contribution in [0, 0.1) is 0 Å². The minimum absolute atomic E-state index is 0.100. The molecule has 3 aromatic rings. The second-order valence-corrected chi connectivity index (χ2v) is 6.45. The number of hydrogen-bond acceptors (Lipinski definition) is 4. The molecule has 1 unspecified atom stereocenters. The van der Waals surface area contributed by atoms with E-state index in [9.17, 15) is 9.90 Å². The molecule has 2 N–H and O–H groups in total. The molecule has 1 aliphatic rings. The number of likely N-dealkylation sites (tertiary alicyclic amines) is 1. The summed E-state index contributed by atoms with van der Waals surface area (Å²) in [4.78, 5) is 17.6. The Balaban J connectivity index is 1.46. The summed E-state index contributed by atoms with van der Waals surface area (Å²) in [6.45, 7) is 1.13. The van der Waals surface area contributed by atoms with E-state index in [4.69, 9.17) is 0 Å². The Morgan fingerprint density at radius 1 is 1.24 bits per heavy atom. The number of nitrogens with zero attached hydrogens (tertiary/aromatic N) is 4. The minimum Gasteiger partial charge on any atom is -0.386 e. The number of nitrogens with one attached hydrogen (secondary N) is 1. The van der Waals surface area contributed by atoms with E-state index in [0.717, 1.165) is 11.3 Å². The van der Waals surface area contributed by atoms with Gasteiger partial charge < -0.3 is 15.0 Å². The number of aromatic amines is 1. The van der Waals surface area contributed by atoms with E-state index in [0.29, 0.717) is 25.2 Å². The Hall–Kier alpha value is -2.93. The summed E-state index contributed by atoms with van der Waals surface area (Å²) >= 11 is 0. The quantitative estimate of drug-likeness (QED) is 0.756. The van der Waals surface area contributed by atoms with E-state index in [2.05, 4.69) is 15.3 Å². The molecule has 7 nitrogen and oxygen atoms in total. The number of amides is 1. The van der Waals surface area contributed by atoms with Gasteiger partial charge in [0.25, 0.3) is 5.91 Å². The van der Waals surface area contributed by atoms with Gasteiger partial charge in [0.2, 0.25) is 0 Å². The summed E-state index contributed by atoms with van der Waals surface area (Å²) in [7, 11) is 0. The van der Waals surface area contributed by atoms with Crippen LogP contribution in [-0.4, -0.2) is 54.6 Å². The van der Waals surface area contributed by atoms with Gasteiger partial charge in [-0.15, -0.1) is 5.10 Å². The highest BCUT2D eigenvalue weighted by Gasteiger charge is 2.39. The van der Waals surface area contributed by atoms with Gasteiger partial charge in [0.15, 0.2) is 0 Å². The molecule has 1 amide bonds. The maximum atomic E-state index is 12.7. The molecular formula is C18H19N5O2. The van der Waals surface area contributed by atoms with E-state index < -0.39 is 5.60 Å². The lowest BCUT2D eigenvalue weighted by Gasteiger charge is -2.22. The van der Waals surface area contributed by atoms with Crippen molar-refractivity contribution in [1.82, 2.24) is 24.9 Å². The number of aliphatic hydroxyl groups is 1. The molecule has 0 radical (unpaired) electrons. The fourth-order valence-corrected chi connectivity index (χ4v) is 3.25. The molecule has 0 spiro atoms. The molecule has 25 heavy (non-hydrogen) atoms. The Morgan fingerprint density at radius 2 is 2.08 bits per heavy atom. The summed E-state index contributed by atoms with van der Waals surface area (Å²) in [5.41, 5.74) is 1.49. The molecule has 2 aromatic heterocycles. The molecule has 3 heterocycles. The van der Waals surface area contributed by atoms with Gasteiger partial charge in [-0.1, -0.05) is 35.5 Å². The van der Waals surface area contributed by atoms with E-state index in [1.165, 1.54) is 0 Å². The van der Waals surface area contributed by atoms with Gasteiger partial charge in [0, 0.05) is 18.4 Å². The van der Waals surface area contributed by atoms with Crippen LogP contribution in [-0.2, 0) is 6.54 Å². The van der Waals surface area contributed by atoms with Crippen molar-refractivity contribution in [3.05, 3.63) is 60.6 Å². The van der Waals surface area contributed by atoms with Crippen LogP contribution in [0.2, 0.25) is 0 Å². The molecule has 4 rings (SSSR count). The number of carbonyl (C=O) groups is 1. The minimum atomic E-state index is -0.974. The number of H-pyrrole nitrogens is 1. The molecule has 1 aliphatic heterocycles. The largest absolute Gasteiger partial charge is 0.386 e. The van der Waals surface area contributed by atoms with Crippen LogP contribution in [0.1, 0.15) is 16.9 Å². The zero-order valence-electron chi connectivity index (χ0n) is 13.7. The maximum Gasteiger partial charge on any atom is 0.270 e. The monoisotopic (exact) mass is 337 g/mol. The highest BCUT2D eigenvalue weighted by molar-refractivity contribution is 5.93. The summed E-state index contributed by atoms with van der Waals surface area (Å²) < 4.78 is 1.59.